The highest BCUT2D eigenvalue weighted by Crippen LogP contribution is 2.40. The van der Waals surface area contributed by atoms with Crippen molar-refractivity contribution >= 4 is 82.7 Å². The van der Waals surface area contributed by atoms with E-state index in [1.165, 1.54) is 27.4 Å². The van der Waals surface area contributed by atoms with Crippen LogP contribution in [0.1, 0.15) is 17.7 Å². The number of allylic oxidation sites excluding steroid dienone is 1. The Labute approximate surface area is 330 Å². The number of hydrogen-bond donors (Lipinski definition) is 0. The Balaban J connectivity index is 1.04. The Morgan fingerprint density at radius 3 is 1.74 bits per heavy atom. The summed E-state index contributed by atoms with van der Waals surface area (Å²) >= 11 is 0. The lowest BCUT2D eigenvalue weighted by Gasteiger charge is -2.14. The lowest BCUT2D eigenvalue weighted by molar-refractivity contribution is 0.666. The molecule has 0 radical (unpaired) electrons. The van der Waals surface area contributed by atoms with Crippen molar-refractivity contribution in [2.75, 3.05) is 0 Å². The highest BCUT2D eigenvalue weighted by atomic mass is 16.3. The van der Waals surface area contributed by atoms with Crippen molar-refractivity contribution in [1.82, 2.24) is 24.1 Å². The summed E-state index contributed by atoms with van der Waals surface area (Å²) < 4.78 is 17.5. The van der Waals surface area contributed by atoms with E-state index in [-0.39, 0.29) is 0 Å². The number of rotatable bonds is 4. The normalized spacial score (nSPS) is 13.0. The fourth-order valence-corrected chi connectivity index (χ4v) is 9.27. The minimum Gasteiger partial charge on any atom is -0.456 e. The molecule has 1 aliphatic carbocycles. The van der Waals surface area contributed by atoms with Crippen LogP contribution in [0.4, 0.5) is 0 Å². The molecule has 0 amide bonds. The van der Waals surface area contributed by atoms with E-state index in [1.807, 2.05) is 36.4 Å². The number of hydrogen-bond acceptors (Lipinski definition) is 5. The Morgan fingerprint density at radius 2 is 1.02 bits per heavy atom. The smallest absolute Gasteiger partial charge is 0.238 e. The molecule has 0 spiro atoms. The number of aromatic nitrogens is 5. The van der Waals surface area contributed by atoms with Gasteiger partial charge >= 0.3 is 0 Å². The molecule has 272 valence electrons. The molecule has 5 heterocycles. The summed E-state index contributed by atoms with van der Waals surface area (Å²) in [4.78, 5) is 15.8. The third kappa shape index (κ3) is 4.46. The third-order valence-corrected chi connectivity index (χ3v) is 11.9. The molecule has 5 aromatic heterocycles. The van der Waals surface area contributed by atoms with Gasteiger partial charge in [-0.05, 0) is 79.6 Å². The van der Waals surface area contributed by atoms with Gasteiger partial charge in [0.25, 0.3) is 0 Å². The molecule has 7 aromatic carbocycles. The number of benzene rings is 7. The van der Waals surface area contributed by atoms with Crippen LogP contribution in [0.15, 0.2) is 167 Å². The Kier molecular flexibility index (Phi) is 6.43. The van der Waals surface area contributed by atoms with Gasteiger partial charge in [-0.1, -0.05) is 97.1 Å². The van der Waals surface area contributed by atoms with Crippen LogP contribution in [0, 0.1) is 0 Å². The SMILES string of the molecule is C1=Cc2c(n(-c3nc(-c4ccc5oc6ccccc6c5c4)nc(-c4ccc5oc6c(-n7c8ccccc8c8ccccc87)cccc6c5c4)n3)c3ccccc23)CC1. The average molecular weight is 746 g/mol. The average Bonchev–Trinajstić information content (AvgIpc) is 4.03. The van der Waals surface area contributed by atoms with Crippen LogP contribution in [0.5, 0.6) is 0 Å². The van der Waals surface area contributed by atoms with Crippen molar-refractivity contribution in [3.63, 3.8) is 0 Å². The number of para-hydroxylation sites is 5. The molecule has 0 atom stereocenters. The maximum Gasteiger partial charge on any atom is 0.238 e. The largest absolute Gasteiger partial charge is 0.456 e. The van der Waals surface area contributed by atoms with Gasteiger partial charge in [-0.15, -0.1) is 0 Å². The summed E-state index contributed by atoms with van der Waals surface area (Å²) in [5.74, 6) is 1.77. The first-order valence-corrected chi connectivity index (χ1v) is 19.7. The Morgan fingerprint density at radius 1 is 0.448 bits per heavy atom. The van der Waals surface area contributed by atoms with Crippen molar-refractivity contribution in [2.24, 2.45) is 0 Å². The van der Waals surface area contributed by atoms with Crippen molar-refractivity contribution in [3.8, 4) is 34.4 Å². The van der Waals surface area contributed by atoms with E-state index in [0.29, 0.717) is 17.6 Å². The van der Waals surface area contributed by atoms with Gasteiger partial charge in [0.15, 0.2) is 17.2 Å². The maximum absolute atomic E-state index is 6.76. The van der Waals surface area contributed by atoms with Gasteiger partial charge in [0.05, 0.1) is 22.2 Å². The molecular weight excluding hydrogens is 715 g/mol. The van der Waals surface area contributed by atoms with E-state index in [0.717, 1.165) is 90.1 Å². The molecule has 0 aliphatic heterocycles. The standard InChI is InChI=1S/C51H31N5O2/c1-6-18-40-32(12-1)33-13-2-7-19-41(33)55(40)44-22-11-17-37-39-29-31(25-27-47(39)58-48(37)44)50-52-49(30-24-26-46-38(28-30)36-16-5-10-23-45(36)57-46)53-51(54-50)56-42-20-8-3-14-34(42)35-15-4-9-21-43(35)56/h1-8,10-20,22-29H,9,21H2. The molecule has 7 nitrogen and oxygen atoms in total. The van der Waals surface area contributed by atoms with Crippen molar-refractivity contribution in [3.05, 3.63) is 169 Å². The molecule has 1 aliphatic rings. The van der Waals surface area contributed by atoms with Gasteiger partial charge in [0.2, 0.25) is 5.95 Å². The molecule has 0 saturated carbocycles. The molecule has 0 N–H and O–H groups in total. The monoisotopic (exact) mass is 745 g/mol. The van der Waals surface area contributed by atoms with Gasteiger partial charge in [0.1, 0.15) is 16.7 Å². The van der Waals surface area contributed by atoms with Crippen LogP contribution >= 0.6 is 0 Å². The second-order valence-corrected chi connectivity index (χ2v) is 15.1. The summed E-state index contributed by atoms with van der Waals surface area (Å²) in [5, 5.41) is 7.72. The van der Waals surface area contributed by atoms with Crippen LogP contribution in [0.3, 0.4) is 0 Å². The van der Waals surface area contributed by atoms with Gasteiger partial charge in [-0.2, -0.15) is 9.97 Å². The second-order valence-electron chi connectivity index (χ2n) is 15.1. The highest BCUT2D eigenvalue weighted by Gasteiger charge is 2.23. The first kappa shape index (κ1) is 31.4. The molecule has 12 aromatic rings. The predicted octanol–water partition coefficient (Wildman–Crippen LogP) is 13.0. The summed E-state index contributed by atoms with van der Waals surface area (Å²) in [6.07, 6.45) is 6.35. The fourth-order valence-electron chi connectivity index (χ4n) is 9.27. The van der Waals surface area contributed by atoms with Gasteiger partial charge < -0.3 is 13.4 Å². The van der Waals surface area contributed by atoms with Crippen molar-refractivity contribution < 1.29 is 8.83 Å². The Bertz CT molecular complexity index is 3660. The third-order valence-electron chi connectivity index (χ3n) is 11.9. The maximum atomic E-state index is 6.76. The van der Waals surface area contributed by atoms with Crippen molar-refractivity contribution in [2.45, 2.75) is 12.8 Å². The molecule has 13 rings (SSSR count). The molecule has 7 heteroatoms. The summed E-state index contributed by atoms with van der Waals surface area (Å²) in [6.45, 7) is 0. The molecule has 0 bridgehead atoms. The molecule has 0 unspecified atom stereocenters. The summed E-state index contributed by atoms with van der Waals surface area (Å²) in [7, 11) is 0. The topological polar surface area (TPSA) is 74.8 Å². The minimum atomic E-state index is 0.588. The van der Waals surface area contributed by atoms with Crippen LogP contribution in [-0.4, -0.2) is 24.1 Å². The second kappa shape index (κ2) is 11.9. The lowest BCUT2D eigenvalue weighted by atomic mass is 10.0. The number of nitrogens with zero attached hydrogens (tertiary/aromatic N) is 5. The van der Waals surface area contributed by atoms with Gasteiger partial charge in [-0.25, -0.2) is 4.98 Å². The molecule has 0 fully saturated rings. The van der Waals surface area contributed by atoms with Crippen LogP contribution in [0.25, 0.3) is 117 Å². The van der Waals surface area contributed by atoms with Crippen LogP contribution in [-0.2, 0) is 6.42 Å². The zero-order valence-electron chi connectivity index (χ0n) is 31.1. The fraction of sp³-hybridized carbons (Fsp3) is 0.0392. The van der Waals surface area contributed by atoms with E-state index in [2.05, 4.69) is 137 Å². The zero-order chi connectivity index (χ0) is 37.9. The first-order valence-electron chi connectivity index (χ1n) is 19.7. The van der Waals surface area contributed by atoms with E-state index < -0.39 is 0 Å². The van der Waals surface area contributed by atoms with E-state index in [4.69, 9.17) is 23.8 Å². The van der Waals surface area contributed by atoms with Gasteiger partial charge in [0, 0.05) is 60.1 Å². The zero-order valence-corrected chi connectivity index (χ0v) is 31.1. The minimum absolute atomic E-state index is 0.588. The van der Waals surface area contributed by atoms with Crippen LogP contribution < -0.4 is 0 Å². The van der Waals surface area contributed by atoms with E-state index in [1.54, 1.807) is 0 Å². The first-order chi connectivity index (χ1) is 28.7. The molecule has 0 saturated heterocycles. The van der Waals surface area contributed by atoms with E-state index in [9.17, 15) is 0 Å². The van der Waals surface area contributed by atoms with Crippen LogP contribution in [0.2, 0.25) is 0 Å². The summed E-state index contributed by atoms with van der Waals surface area (Å²) in [6, 6.07) is 52.7. The van der Waals surface area contributed by atoms with E-state index >= 15 is 0 Å². The number of furan rings is 2. The predicted molar refractivity (Wildman–Crippen MR) is 234 cm³/mol. The Hall–Kier alpha value is -7.77. The van der Waals surface area contributed by atoms with Gasteiger partial charge in [-0.3, -0.25) is 4.57 Å². The summed E-state index contributed by atoms with van der Waals surface area (Å²) in [5.41, 5.74) is 11.9. The quantitative estimate of drug-likeness (QED) is 0.179. The molecular formula is C51H31N5O2. The van der Waals surface area contributed by atoms with Crippen molar-refractivity contribution in [1.29, 1.82) is 0 Å². The molecule has 58 heavy (non-hydrogen) atoms. The number of fused-ring (bicyclic) bond motifs is 12. The lowest BCUT2D eigenvalue weighted by Crippen LogP contribution is -2.10. The highest BCUT2D eigenvalue weighted by molar-refractivity contribution is 6.13.